The van der Waals surface area contributed by atoms with E-state index in [0.717, 1.165) is 55.9 Å². The van der Waals surface area contributed by atoms with Crippen molar-refractivity contribution < 1.29 is 48.6 Å². The highest BCUT2D eigenvalue weighted by atomic mass is 19.4. The zero-order chi connectivity index (χ0) is 33.4. The lowest BCUT2D eigenvalue weighted by atomic mass is 9.83. The van der Waals surface area contributed by atoms with Crippen molar-refractivity contribution in [2.24, 2.45) is 11.8 Å². The predicted octanol–water partition coefficient (Wildman–Crippen LogP) is 10.4. The van der Waals surface area contributed by atoms with Crippen molar-refractivity contribution in [3.05, 3.63) is 100 Å². The van der Waals surface area contributed by atoms with Gasteiger partial charge in [-0.05, 0) is 78.9 Å². The van der Waals surface area contributed by atoms with Crippen LogP contribution in [0, 0.1) is 64.6 Å². The molecule has 0 unspecified atom stereocenters. The Balaban J connectivity index is 1.37. The number of hydrogen-bond donors (Lipinski definition) is 0. The summed E-state index contributed by atoms with van der Waals surface area (Å²) in [7, 11) is 0. The Kier molecular flexibility index (Phi) is 8.99. The van der Waals surface area contributed by atoms with E-state index in [2.05, 4.69) is 23.5 Å². The maximum atomic E-state index is 15.1. The number of benzene rings is 4. The van der Waals surface area contributed by atoms with Crippen molar-refractivity contribution >= 4 is 10.8 Å². The fourth-order valence-corrected chi connectivity index (χ4v) is 5.25. The van der Waals surface area contributed by atoms with Gasteiger partial charge in [0.25, 0.3) is 0 Å². The van der Waals surface area contributed by atoms with Crippen LogP contribution in [0.5, 0.6) is 5.75 Å². The summed E-state index contributed by atoms with van der Waals surface area (Å²) in [4.78, 5) is 0. The van der Waals surface area contributed by atoms with E-state index >= 15 is 4.39 Å². The highest BCUT2D eigenvalue weighted by molar-refractivity contribution is 5.89. The number of alkyl halides is 5. The molecule has 1 aliphatic carbocycles. The number of rotatable bonds is 4. The van der Waals surface area contributed by atoms with E-state index in [0.29, 0.717) is 30.2 Å². The van der Waals surface area contributed by atoms with Gasteiger partial charge in [0.05, 0.1) is 5.56 Å². The molecule has 0 spiro atoms. The summed E-state index contributed by atoms with van der Waals surface area (Å²) in [6.45, 7) is 2.12. The van der Waals surface area contributed by atoms with Crippen LogP contribution in [-0.4, -0.2) is 6.18 Å². The second-order valence-corrected chi connectivity index (χ2v) is 11.0. The molecule has 0 bridgehead atoms. The fourth-order valence-electron chi connectivity index (χ4n) is 5.25. The van der Waals surface area contributed by atoms with Crippen molar-refractivity contribution in [3.8, 4) is 40.6 Å². The molecule has 0 saturated heterocycles. The third-order valence-corrected chi connectivity index (χ3v) is 7.63. The van der Waals surface area contributed by atoms with Gasteiger partial charge in [-0.3, -0.25) is 0 Å². The Morgan fingerprint density at radius 2 is 1.39 bits per heavy atom. The summed E-state index contributed by atoms with van der Waals surface area (Å²) in [6.07, 6.45) is -5.92. The van der Waals surface area contributed by atoms with Crippen LogP contribution >= 0.6 is 0 Å². The average molecular weight is 649 g/mol. The molecule has 11 heteroatoms. The molecular weight excluding hydrogens is 626 g/mol. The normalized spacial score (nSPS) is 16.8. The Bertz CT molecular complexity index is 1910. The minimum absolute atomic E-state index is 0.0211. The second-order valence-electron chi connectivity index (χ2n) is 11.0. The molecule has 0 atom stereocenters. The molecule has 1 fully saturated rings. The molecular formula is C35H22F10O. The molecule has 1 aliphatic rings. The molecule has 238 valence electrons. The monoisotopic (exact) mass is 648 g/mol. The second kappa shape index (κ2) is 12.6. The fraction of sp³-hybridized carbons (Fsp3) is 0.257. The van der Waals surface area contributed by atoms with Crippen LogP contribution in [0.25, 0.3) is 21.9 Å². The predicted molar refractivity (Wildman–Crippen MR) is 151 cm³/mol. The van der Waals surface area contributed by atoms with Gasteiger partial charge in [0.1, 0.15) is 40.4 Å². The third-order valence-electron chi connectivity index (χ3n) is 7.63. The van der Waals surface area contributed by atoms with Gasteiger partial charge in [-0.25, -0.2) is 22.0 Å². The number of halogens is 10. The van der Waals surface area contributed by atoms with Crippen LogP contribution in [0.2, 0.25) is 0 Å². The zero-order valence-electron chi connectivity index (χ0n) is 23.9. The lowest BCUT2D eigenvalue weighted by Crippen LogP contribution is -2.25. The van der Waals surface area contributed by atoms with Crippen molar-refractivity contribution in [2.45, 2.75) is 44.9 Å². The van der Waals surface area contributed by atoms with Crippen LogP contribution in [0.3, 0.4) is 0 Å². The highest BCUT2D eigenvalue weighted by Gasteiger charge is 2.41. The van der Waals surface area contributed by atoms with Gasteiger partial charge in [0.2, 0.25) is 0 Å². The lowest BCUT2D eigenvalue weighted by molar-refractivity contribution is -0.189. The summed E-state index contributed by atoms with van der Waals surface area (Å²) < 4.78 is 145. The van der Waals surface area contributed by atoms with E-state index in [-0.39, 0.29) is 33.4 Å². The first kappa shape index (κ1) is 32.7. The van der Waals surface area contributed by atoms with E-state index < -0.39 is 58.2 Å². The van der Waals surface area contributed by atoms with Gasteiger partial charge in [0, 0.05) is 34.4 Å². The first-order valence-corrected chi connectivity index (χ1v) is 14.0. The Morgan fingerprint density at radius 1 is 0.717 bits per heavy atom. The molecule has 5 rings (SSSR count). The molecule has 4 aromatic carbocycles. The summed E-state index contributed by atoms with van der Waals surface area (Å²) in [5, 5.41) is -0.454. The Hall–Kier alpha value is -4.64. The van der Waals surface area contributed by atoms with E-state index in [1.165, 1.54) is 12.0 Å². The van der Waals surface area contributed by atoms with Crippen LogP contribution in [0.1, 0.15) is 49.3 Å². The van der Waals surface area contributed by atoms with Gasteiger partial charge >= 0.3 is 12.3 Å². The first-order chi connectivity index (χ1) is 21.6. The average Bonchev–Trinajstić information content (AvgIpc) is 2.95. The molecule has 0 aromatic heterocycles. The molecule has 0 radical (unpaired) electrons. The molecule has 0 amide bonds. The molecule has 1 nitrogen and oxygen atoms in total. The SMILES string of the molecule is CC1CCC(C#Cc2cc(F)c(C(F)(F)Oc3ccc(-c4ccc5c(F)c(C#CC(F)(F)F)c(F)cc5c4)c(F)c3)c(F)c2)CC1. The number of fused-ring (bicyclic) bond motifs is 1. The van der Waals surface area contributed by atoms with Crippen molar-refractivity contribution in [2.75, 3.05) is 0 Å². The summed E-state index contributed by atoms with van der Waals surface area (Å²) in [6, 6.07) is 7.85. The van der Waals surface area contributed by atoms with Gasteiger partial charge in [-0.1, -0.05) is 36.8 Å². The van der Waals surface area contributed by atoms with Gasteiger partial charge in [-0.15, -0.1) is 0 Å². The largest absolute Gasteiger partial charge is 0.458 e. The summed E-state index contributed by atoms with van der Waals surface area (Å²) in [5.74, 6) is 0.544. The standard InChI is InChI=1S/C35H22F10O/c1-19-2-4-20(5-3-19)6-7-21-14-30(38)32(31(39)15-21)35(44,45)46-24-9-11-25(29(37)18-24)22-8-10-26-23(16-22)17-28(36)27(33(26)40)12-13-34(41,42)43/h8-11,14-20H,2-5H2,1H3. The molecule has 0 N–H and O–H groups in total. The molecule has 46 heavy (non-hydrogen) atoms. The van der Waals surface area contributed by atoms with Gasteiger partial charge < -0.3 is 4.74 Å². The summed E-state index contributed by atoms with van der Waals surface area (Å²) in [5.41, 5.74) is -3.12. The van der Waals surface area contributed by atoms with E-state index in [1.54, 1.807) is 0 Å². The van der Waals surface area contributed by atoms with Crippen molar-refractivity contribution in [1.29, 1.82) is 0 Å². The van der Waals surface area contributed by atoms with Crippen molar-refractivity contribution in [3.63, 3.8) is 0 Å². The van der Waals surface area contributed by atoms with Gasteiger partial charge in [-0.2, -0.15) is 22.0 Å². The molecule has 1 saturated carbocycles. The molecule has 0 heterocycles. The van der Waals surface area contributed by atoms with Crippen molar-refractivity contribution in [1.82, 2.24) is 0 Å². The van der Waals surface area contributed by atoms with Crippen LogP contribution < -0.4 is 4.74 Å². The quantitative estimate of drug-likeness (QED) is 0.158. The maximum Gasteiger partial charge on any atom is 0.458 e. The first-order valence-electron chi connectivity index (χ1n) is 14.0. The topological polar surface area (TPSA) is 9.23 Å². The third kappa shape index (κ3) is 7.25. The lowest BCUT2D eigenvalue weighted by Gasteiger charge is -2.22. The van der Waals surface area contributed by atoms with Gasteiger partial charge in [0.15, 0.2) is 0 Å². The van der Waals surface area contributed by atoms with E-state index in [4.69, 9.17) is 0 Å². The Labute approximate surface area is 257 Å². The van der Waals surface area contributed by atoms with Crippen LogP contribution in [0.4, 0.5) is 43.9 Å². The van der Waals surface area contributed by atoms with Crippen LogP contribution in [0.15, 0.2) is 54.6 Å². The minimum atomic E-state index is -4.98. The number of ether oxygens (including phenoxy) is 1. The minimum Gasteiger partial charge on any atom is -0.429 e. The zero-order valence-corrected chi connectivity index (χ0v) is 23.9. The molecule has 0 aliphatic heterocycles. The molecule has 4 aromatic rings. The van der Waals surface area contributed by atoms with E-state index in [9.17, 15) is 39.5 Å². The van der Waals surface area contributed by atoms with E-state index in [1.807, 2.05) is 0 Å². The Morgan fingerprint density at radius 3 is 2.02 bits per heavy atom. The maximum absolute atomic E-state index is 15.1. The highest BCUT2D eigenvalue weighted by Crippen LogP contribution is 2.38. The van der Waals surface area contributed by atoms with Crippen LogP contribution in [-0.2, 0) is 6.11 Å². The number of hydrogen-bond acceptors (Lipinski definition) is 1. The summed E-state index contributed by atoms with van der Waals surface area (Å²) >= 11 is 0. The smallest absolute Gasteiger partial charge is 0.429 e.